The van der Waals surface area contributed by atoms with Crippen LogP contribution < -0.4 is 5.69 Å². The first-order valence-electron chi connectivity index (χ1n) is 5.94. The number of hydrogen-bond donors (Lipinski definition) is 2. The minimum atomic E-state index is -4.56. The second kappa shape index (κ2) is 4.66. The normalized spacial score (nSPS) is 12.0. The molecular weight excluding hydrogens is 305 g/mol. The van der Waals surface area contributed by atoms with Crippen LogP contribution >= 0.6 is 11.6 Å². The molecule has 0 saturated carbocycles. The van der Waals surface area contributed by atoms with Crippen molar-refractivity contribution >= 4 is 22.6 Å². The van der Waals surface area contributed by atoms with Gasteiger partial charge in [0.25, 0.3) is 0 Å². The molecule has 0 spiro atoms. The first-order chi connectivity index (χ1) is 9.86. The van der Waals surface area contributed by atoms with E-state index in [0.717, 1.165) is 0 Å². The van der Waals surface area contributed by atoms with Crippen LogP contribution in [-0.4, -0.2) is 9.97 Å². The zero-order chi connectivity index (χ0) is 15.2. The van der Waals surface area contributed by atoms with Gasteiger partial charge in [-0.2, -0.15) is 13.2 Å². The summed E-state index contributed by atoms with van der Waals surface area (Å²) in [6.07, 6.45) is -4.56. The van der Waals surface area contributed by atoms with E-state index < -0.39 is 17.4 Å². The van der Waals surface area contributed by atoms with E-state index in [2.05, 4.69) is 9.97 Å². The molecular formula is C14H8ClF3N2O. The van der Waals surface area contributed by atoms with Crippen molar-refractivity contribution in [1.29, 1.82) is 0 Å². The van der Waals surface area contributed by atoms with E-state index in [0.29, 0.717) is 16.6 Å². The number of aromatic nitrogens is 2. The predicted molar refractivity (Wildman–Crippen MR) is 74.4 cm³/mol. The van der Waals surface area contributed by atoms with Gasteiger partial charge in [-0.3, -0.25) is 0 Å². The molecule has 0 radical (unpaired) electrons. The first-order valence-corrected chi connectivity index (χ1v) is 6.32. The van der Waals surface area contributed by atoms with Gasteiger partial charge < -0.3 is 9.97 Å². The molecule has 0 fully saturated rings. The molecule has 0 aliphatic heterocycles. The summed E-state index contributed by atoms with van der Waals surface area (Å²) in [6, 6.07) is 8.53. The van der Waals surface area contributed by atoms with Crippen LogP contribution in [0.3, 0.4) is 0 Å². The monoisotopic (exact) mass is 312 g/mol. The summed E-state index contributed by atoms with van der Waals surface area (Å²) in [6.45, 7) is 0. The van der Waals surface area contributed by atoms with Crippen molar-refractivity contribution in [2.24, 2.45) is 0 Å². The Morgan fingerprint density at radius 3 is 2.43 bits per heavy atom. The third kappa shape index (κ3) is 2.42. The summed E-state index contributed by atoms with van der Waals surface area (Å²) >= 11 is 5.70. The highest BCUT2D eigenvalue weighted by Gasteiger charge is 2.36. The van der Waals surface area contributed by atoms with Gasteiger partial charge >= 0.3 is 11.9 Å². The smallest absolute Gasteiger partial charge is 0.306 e. The number of rotatable bonds is 1. The van der Waals surface area contributed by atoms with Gasteiger partial charge in [0.2, 0.25) is 0 Å². The fraction of sp³-hybridized carbons (Fsp3) is 0.0714. The average Bonchev–Trinajstić information content (AvgIpc) is 2.75. The van der Waals surface area contributed by atoms with Crippen molar-refractivity contribution < 1.29 is 13.2 Å². The molecule has 0 bridgehead atoms. The molecule has 2 N–H and O–H groups in total. The summed E-state index contributed by atoms with van der Waals surface area (Å²) in [5.74, 6) is 0. The SMILES string of the molecule is O=c1[nH]c2ccc(-c3cccc(Cl)c3C(F)(F)F)cc2[nH]1. The van der Waals surface area contributed by atoms with E-state index in [1.807, 2.05) is 0 Å². The van der Waals surface area contributed by atoms with Crippen molar-refractivity contribution in [3.05, 3.63) is 57.5 Å². The minimum absolute atomic E-state index is 0.0288. The largest absolute Gasteiger partial charge is 0.418 e. The fourth-order valence-electron chi connectivity index (χ4n) is 2.25. The Hall–Kier alpha value is -2.21. The molecule has 0 atom stereocenters. The Balaban J connectivity index is 2.27. The number of hydrogen-bond acceptors (Lipinski definition) is 1. The van der Waals surface area contributed by atoms with Gasteiger partial charge in [-0.15, -0.1) is 0 Å². The molecule has 0 amide bonds. The number of aromatic amines is 2. The Bertz CT molecular complexity index is 880. The van der Waals surface area contributed by atoms with Crippen molar-refractivity contribution in [2.75, 3.05) is 0 Å². The molecule has 3 nitrogen and oxygen atoms in total. The topological polar surface area (TPSA) is 48.6 Å². The molecule has 21 heavy (non-hydrogen) atoms. The molecule has 1 heterocycles. The van der Waals surface area contributed by atoms with Crippen molar-refractivity contribution in [3.63, 3.8) is 0 Å². The lowest BCUT2D eigenvalue weighted by molar-refractivity contribution is -0.137. The summed E-state index contributed by atoms with van der Waals surface area (Å²) < 4.78 is 39.5. The highest BCUT2D eigenvalue weighted by atomic mass is 35.5. The van der Waals surface area contributed by atoms with Crippen LogP contribution in [0.25, 0.3) is 22.2 Å². The van der Waals surface area contributed by atoms with E-state index in [1.54, 1.807) is 6.07 Å². The van der Waals surface area contributed by atoms with Gasteiger partial charge in [0.15, 0.2) is 0 Å². The molecule has 3 aromatic rings. The third-order valence-electron chi connectivity index (χ3n) is 3.12. The van der Waals surface area contributed by atoms with E-state index in [9.17, 15) is 18.0 Å². The number of nitrogens with one attached hydrogen (secondary N) is 2. The number of imidazole rings is 1. The Morgan fingerprint density at radius 2 is 1.71 bits per heavy atom. The van der Waals surface area contributed by atoms with E-state index in [-0.39, 0.29) is 10.6 Å². The molecule has 0 unspecified atom stereocenters. The summed E-state index contributed by atoms with van der Waals surface area (Å²) in [5.41, 5.74) is -0.0374. The standard InChI is InChI=1S/C14H8ClF3N2O/c15-9-3-1-2-8(12(9)14(16,17)18)7-4-5-10-11(6-7)20-13(21)19-10/h1-6H,(H2,19,20,21). The van der Waals surface area contributed by atoms with E-state index in [1.165, 1.54) is 30.3 Å². The molecule has 108 valence electrons. The lowest BCUT2D eigenvalue weighted by atomic mass is 9.99. The van der Waals surface area contributed by atoms with Gasteiger partial charge in [0.05, 0.1) is 21.6 Å². The zero-order valence-electron chi connectivity index (χ0n) is 10.4. The molecule has 2 aromatic carbocycles. The Labute approximate surface area is 121 Å². The minimum Gasteiger partial charge on any atom is -0.306 e. The number of halogens is 4. The summed E-state index contributed by atoms with van der Waals surface area (Å²) in [7, 11) is 0. The Kier molecular flexibility index (Phi) is 3.06. The van der Waals surface area contributed by atoms with Gasteiger partial charge in [-0.05, 0) is 29.3 Å². The quantitative estimate of drug-likeness (QED) is 0.695. The summed E-state index contributed by atoms with van der Waals surface area (Å²) in [4.78, 5) is 16.3. The van der Waals surface area contributed by atoms with Gasteiger partial charge in [-0.1, -0.05) is 29.8 Å². The maximum Gasteiger partial charge on any atom is 0.418 e. The van der Waals surface area contributed by atoms with E-state index in [4.69, 9.17) is 11.6 Å². The van der Waals surface area contributed by atoms with Crippen LogP contribution in [-0.2, 0) is 6.18 Å². The van der Waals surface area contributed by atoms with Gasteiger partial charge in [0.1, 0.15) is 0 Å². The van der Waals surface area contributed by atoms with Crippen LogP contribution in [0.2, 0.25) is 5.02 Å². The number of H-pyrrole nitrogens is 2. The summed E-state index contributed by atoms with van der Waals surface area (Å²) in [5, 5.41) is -0.359. The molecule has 3 rings (SSSR count). The maximum absolute atomic E-state index is 13.2. The third-order valence-corrected chi connectivity index (χ3v) is 3.44. The molecule has 7 heteroatoms. The second-order valence-corrected chi connectivity index (χ2v) is 4.91. The van der Waals surface area contributed by atoms with Crippen LogP contribution in [0.4, 0.5) is 13.2 Å². The van der Waals surface area contributed by atoms with Crippen LogP contribution in [0.15, 0.2) is 41.2 Å². The lowest BCUT2D eigenvalue weighted by Crippen LogP contribution is -2.08. The van der Waals surface area contributed by atoms with Crippen molar-refractivity contribution in [1.82, 2.24) is 9.97 Å². The average molecular weight is 313 g/mol. The number of benzene rings is 2. The molecule has 1 aromatic heterocycles. The van der Waals surface area contributed by atoms with Gasteiger partial charge in [-0.25, -0.2) is 4.79 Å². The second-order valence-electron chi connectivity index (χ2n) is 4.50. The lowest BCUT2D eigenvalue weighted by Gasteiger charge is -2.14. The number of alkyl halides is 3. The van der Waals surface area contributed by atoms with Crippen LogP contribution in [0.1, 0.15) is 5.56 Å². The van der Waals surface area contributed by atoms with Crippen molar-refractivity contribution in [2.45, 2.75) is 6.18 Å². The molecule has 0 aliphatic carbocycles. The predicted octanol–water partition coefficient (Wildman–Crippen LogP) is 4.20. The Morgan fingerprint density at radius 1 is 1.00 bits per heavy atom. The highest BCUT2D eigenvalue weighted by Crippen LogP contribution is 2.41. The van der Waals surface area contributed by atoms with Crippen LogP contribution in [0, 0.1) is 0 Å². The first kappa shape index (κ1) is 13.8. The highest BCUT2D eigenvalue weighted by molar-refractivity contribution is 6.31. The van der Waals surface area contributed by atoms with Crippen molar-refractivity contribution in [3.8, 4) is 11.1 Å². The molecule has 0 saturated heterocycles. The zero-order valence-corrected chi connectivity index (χ0v) is 11.1. The maximum atomic E-state index is 13.2. The van der Waals surface area contributed by atoms with E-state index >= 15 is 0 Å². The molecule has 0 aliphatic rings. The van der Waals surface area contributed by atoms with Crippen LogP contribution in [0.5, 0.6) is 0 Å². The fourth-order valence-corrected chi connectivity index (χ4v) is 2.53. The van der Waals surface area contributed by atoms with Gasteiger partial charge in [0, 0.05) is 0 Å². The number of fused-ring (bicyclic) bond motifs is 1.